The lowest BCUT2D eigenvalue weighted by Crippen LogP contribution is -2.51. The van der Waals surface area contributed by atoms with E-state index in [1.807, 2.05) is 46.0 Å². The molecule has 1 aliphatic rings. The number of carbonyl (C=O) groups excluding carboxylic acids is 2. The second kappa shape index (κ2) is 12.8. The Morgan fingerprint density at radius 1 is 1.18 bits per heavy atom. The third kappa shape index (κ3) is 7.17. The minimum atomic E-state index is -0.324. The predicted molar refractivity (Wildman–Crippen MR) is 157 cm³/mol. The number of amides is 3. The number of aromatic nitrogens is 2. The topological polar surface area (TPSA) is 106 Å². The first-order valence-corrected chi connectivity index (χ1v) is 13.2. The average Bonchev–Trinajstić information content (AvgIpc) is 2.87. The van der Waals surface area contributed by atoms with Gasteiger partial charge in [0.05, 0.1) is 30.7 Å². The van der Waals surface area contributed by atoms with Gasteiger partial charge in [0.25, 0.3) is 0 Å². The van der Waals surface area contributed by atoms with Crippen LogP contribution in [0.3, 0.4) is 0 Å². The number of hydrogen-bond acceptors (Lipinski definition) is 8. The van der Waals surface area contributed by atoms with Crippen LogP contribution in [-0.4, -0.2) is 85.6 Å². The van der Waals surface area contributed by atoms with Crippen molar-refractivity contribution in [3.05, 3.63) is 36.5 Å². The lowest BCUT2D eigenvalue weighted by molar-refractivity contribution is -0.111. The van der Waals surface area contributed by atoms with Gasteiger partial charge in [0, 0.05) is 50.6 Å². The number of likely N-dealkylation sites (N-methyl/N-ethyl adjacent to an activating group) is 2. The van der Waals surface area contributed by atoms with Crippen molar-refractivity contribution in [2.24, 2.45) is 5.92 Å². The minimum absolute atomic E-state index is 0.0621. The Kier molecular flexibility index (Phi) is 9.74. The summed E-state index contributed by atoms with van der Waals surface area (Å²) in [6.45, 7) is 14.4. The van der Waals surface area contributed by atoms with E-state index in [1.165, 1.54) is 6.08 Å². The number of ether oxygens (including phenoxy) is 1. The van der Waals surface area contributed by atoms with Gasteiger partial charge in [0.2, 0.25) is 11.9 Å². The predicted octanol–water partition coefficient (Wildman–Crippen LogP) is 4.16. The summed E-state index contributed by atoms with van der Waals surface area (Å²) in [4.78, 5) is 42.5. The van der Waals surface area contributed by atoms with E-state index in [4.69, 9.17) is 9.72 Å². The number of urea groups is 1. The van der Waals surface area contributed by atoms with E-state index in [0.29, 0.717) is 47.9 Å². The Labute approximate surface area is 231 Å². The van der Waals surface area contributed by atoms with Gasteiger partial charge in [-0.15, -0.1) is 0 Å². The van der Waals surface area contributed by atoms with E-state index in [-0.39, 0.29) is 18.0 Å². The maximum atomic E-state index is 13.3. The molecule has 2 heterocycles. The molecule has 0 saturated heterocycles. The quantitative estimate of drug-likeness (QED) is 0.388. The summed E-state index contributed by atoms with van der Waals surface area (Å²) in [5.41, 5.74) is 2.84. The van der Waals surface area contributed by atoms with Crippen molar-refractivity contribution >= 4 is 40.8 Å². The van der Waals surface area contributed by atoms with Gasteiger partial charge in [-0.05, 0) is 46.0 Å². The molecule has 3 rings (SSSR count). The van der Waals surface area contributed by atoms with Crippen molar-refractivity contribution in [2.45, 2.75) is 40.3 Å². The third-order valence-electron chi connectivity index (χ3n) is 6.31. The Hall–Kier alpha value is -3.86. The van der Waals surface area contributed by atoms with Crippen LogP contribution in [0.15, 0.2) is 31.0 Å². The van der Waals surface area contributed by atoms with Crippen LogP contribution in [0.2, 0.25) is 0 Å². The zero-order valence-corrected chi connectivity index (χ0v) is 24.4. The first kappa shape index (κ1) is 29.7. The van der Waals surface area contributed by atoms with Crippen LogP contribution in [-0.2, 0) is 11.3 Å². The summed E-state index contributed by atoms with van der Waals surface area (Å²) in [6.07, 6.45) is 2.99. The molecule has 3 amide bonds. The Balaban J connectivity index is 2.00. The highest BCUT2D eigenvalue weighted by atomic mass is 16.5. The van der Waals surface area contributed by atoms with Crippen LogP contribution >= 0.6 is 0 Å². The van der Waals surface area contributed by atoms with Crippen molar-refractivity contribution < 1.29 is 14.3 Å². The molecule has 2 aromatic rings. The monoisotopic (exact) mass is 538 g/mol. The summed E-state index contributed by atoms with van der Waals surface area (Å²) in [5.74, 6) is 1.48. The lowest BCUT2D eigenvalue weighted by Gasteiger charge is -2.38. The number of nitrogens with one attached hydrogen (secondary N) is 2. The van der Waals surface area contributed by atoms with E-state index in [9.17, 15) is 9.59 Å². The molecule has 1 aromatic heterocycles. The van der Waals surface area contributed by atoms with E-state index in [1.54, 1.807) is 24.3 Å². The van der Waals surface area contributed by atoms with Crippen molar-refractivity contribution in [3.63, 3.8) is 0 Å². The van der Waals surface area contributed by atoms with Gasteiger partial charge < -0.3 is 30.1 Å². The molecule has 11 heteroatoms. The normalized spacial score (nSPS) is 13.2. The molecule has 0 atom stereocenters. The van der Waals surface area contributed by atoms with E-state index in [0.717, 1.165) is 24.3 Å². The molecular formula is C28H42N8O3. The summed E-state index contributed by atoms with van der Waals surface area (Å²) < 4.78 is 5.70. The Morgan fingerprint density at radius 3 is 2.49 bits per heavy atom. The highest BCUT2D eigenvalue weighted by Gasteiger charge is 2.34. The highest BCUT2D eigenvalue weighted by molar-refractivity contribution is 6.02. The summed E-state index contributed by atoms with van der Waals surface area (Å²) in [6, 6.07) is 3.51. The van der Waals surface area contributed by atoms with Gasteiger partial charge in [0.1, 0.15) is 11.6 Å². The number of fused-ring (bicyclic) bond motifs is 1. The molecule has 0 aliphatic carbocycles. The van der Waals surface area contributed by atoms with Crippen LogP contribution in [0.1, 0.15) is 33.3 Å². The number of hydrogen-bond donors (Lipinski definition) is 2. The van der Waals surface area contributed by atoms with Crippen LogP contribution in [0.4, 0.5) is 33.6 Å². The molecule has 1 aromatic carbocycles. The minimum Gasteiger partial charge on any atom is -0.494 e. The Bertz CT molecular complexity index is 1200. The molecule has 212 valence electrons. The molecular weight excluding hydrogens is 496 g/mol. The van der Waals surface area contributed by atoms with Gasteiger partial charge >= 0.3 is 6.03 Å². The Morgan fingerprint density at radius 2 is 1.90 bits per heavy atom. The van der Waals surface area contributed by atoms with Crippen LogP contribution in [0, 0.1) is 5.92 Å². The molecule has 0 radical (unpaired) electrons. The van der Waals surface area contributed by atoms with Crippen LogP contribution in [0.5, 0.6) is 5.75 Å². The van der Waals surface area contributed by atoms with E-state index < -0.39 is 0 Å². The second-order valence-corrected chi connectivity index (χ2v) is 10.7. The molecule has 0 unspecified atom stereocenters. The molecule has 1 aliphatic heterocycles. The standard InChI is InChI=1S/C28H42N8O3/c1-10-25(37)30-21-13-22(24(39-9)14-23(21)34(8)12-11-33(6)7)31-27-29-15-20-17-35(16-18(2)3)28(38)36(19(4)5)26(20)32-27/h10,13-15,18-19H,1,11-12,16-17H2,2-9H3,(H,30,37)(H,29,31,32). The fraction of sp³-hybridized carbons (Fsp3) is 0.500. The smallest absolute Gasteiger partial charge is 0.326 e. The number of benzene rings is 1. The molecule has 39 heavy (non-hydrogen) atoms. The van der Waals surface area contributed by atoms with E-state index in [2.05, 4.69) is 45.8 Å². The zero-order chi connectivity index (χ0) is 28.9. The van der Waals surface area contributed by atoms with Crippen molar-refractivity contribution in [1.82, 2.24) is 19.8 Å². The SMILES string of the molecule is C=CC(=O)Nc1cc(Nc2ncc3c(n2)N(C(C)C)C(=O)N(CC(C)C)C3)c(OC)cc1N(C)CCN(C)C. The number of anilines is 5. The molecule has 11 nitrogen and oxygen atoms in total. The molecule has 0 bridgehead atoms. The summed E-state index contributed by atoms with van der Waals surface area (Å²) >= 11 is 0. The van der Waals surface area contributed by atoms with Gasteiger partial charge in [-0.25, -0.2) is 9.78 Å². The van der Waals surface area contributed by atoms with Crippen LogP contribution < -0.4 is 25.2 Å². The molecule has 0 fully saturated rings. The lowest BCUT2D eigenvalue weighted by atomic mass is 10.1. The number of nitrogens with zero attached hydrogens (tertiary/aromatic N) is 6. The van der Waals surface area contributed by atoms with Crippen molar-refractivity contribution in [2.75, 3.05) is 68.3 Å². The van der Waals surface area contributed by atoms with Crippen LogP contribution in [0.25, 0.3) is 0 Å². The maximum Gasteiger partial charge on any atom is 0.326 e. The molecule has 0 saturated carbocycles. The summed E-state index contributed by atoms with van der Waals surface area (Å²) in [7, 11) is 7.57. The number of carbonyl (C=O) groups is 2. The fourth-order valence-electron chi connectivity index (χ4n) is 4.37. The second-order valence-electron chi connectivity index (χ2n) is 10.7. The van der Waals surface area contributed by atoms with Gasteiger partial charge in [-0.1, -0.05) is 20.4 Å². The number of methoxy groups -OCH3 is 1. The van der Waals surface area contributed by atoms with Gasteiger partial charge in [-0.3, -0.25) is 9.69 Å². The first-order chi connectivity index (χ1) is 18.4. The fourth-order valence-corrected chi connectivity index (χ4v) is 4.37. The first-order valence-electron chi connectivity index (χ1n) is 13.2. The van der Waals surface area contributed by atoms with E-state index >= 15 is 0 Å². The van der Waals surface area contributed by atoms with Gasteiger partial charge in [-0.2, -0.15) is 4.98 Å². The average molecular weight is 539 g/mol. The molecule has 0 spiro atoms. The highest BCUT2D eigenvalue weighted by Crippen LogP contribution is 2.38. The van der Waals surface area contributed by atoms with Gasteiger partial charge in [0.15, 0.2) is 0 Å². The maximum absolute atomic E-state index is 13.3. The van der Waals surface area contributed by atoms with Crippen molar-refractivity contribution in [1.29, 1.82) is 0 Å². The largest absolute Gasteiger partial charge is 0.494 e. The molecule has 2 N–H and O–H groups in total. The third-order valence-corrected chi connectivity index (χ3v) is 6.31. The summed E-state index contributed by atoms with van der Waals surface area (Å²) in [5, 5.41) is 6.13. The zero-order valence-electron chi connectivity index (χ0n) is 24.4. The van der Waals surface area contributed by atoms with Crippen molar-refractivity contribution in [3.8, 4) is 5.75 Å². The number of rotatable bonds is 12.